The maximum Gasteiger partial charge on any atom is 0.160 e. The predicted molar refractivity (Wildman–Crippen MR) is 95.0 cm³/mol. The fourth-order valence-electron chi connectivity index (χ4n) is 2.06. The summed E-state index contributed by atoms with van der Waals surface area (Å²) in [6, 6.07) is 9.88. The molecule has 1 N–H and O–H groups in total. The van der Waals surface area contributed by atoms with E-state index in [9.17, 15) is 4.79 Å². The second kappa shape index (κ2) is 8.39. The summed E-state index contributed by atoms with van der Waals surface area (Å²) in [4.78, 5) is 12.5. The molecule has 1 aromatic heterocycles. The summed E-state index contributed by atoms with van der Waals surface area (Å²) >= 11 is 1.47. The third-order valence-electron chi connectivity index (χ3n) is 3.28. The van der Waals surface area contributed by atoms with Crippen LogP contribution in [0.15, 0.2) is 30.3 Å². The molecular weight excluding hydrogens is 294 g/mol. The van der Waals surface area contributed by atoms with E-state index in [4.69, 9.17) is 4.74 Å². The number of aldehydes is 1. The van der Waals surface area contributed by atoms with Crippen molar-refractivity contribution in [2.45, 2.75) is 19.8 Å². The number of hydrogen-bond acceptors (Lipinski definition) is 4. The molecule has 1 heterocycles. The molecule has 0 fully saturated rings. The largest absolute Gasteiger partial charge is 0.496 e. The first-order valence-electron chi connectivity index (χ1n) is 7.42. The molecule has 1 aromatic carbocycles. The lowest BCUT2D eigenvalue weighted by atomic mass is 10.1. The van der Waals surface area contributed by atoms with Crippen LogP contribution in [0.4, 0.5) is 5.69 Å². The topological polar surface area (TPSA) is 38.3 Å². The van der Waals surface area contributed by atoms with Crippen molar-refractivity contribution in [3.8, 4) is 5.75 Å². The van der Waals surface area contributed by atoms with E-state index in [0.29, 0.717) is 0 Å². The zero-order valence-electron chi connectivity index (χ0n) is 13.0. The van der Waals surface area contributed by atoms with Crippen molar-refractivity contribution >= 4 is 35.5 Å². The van der Waals surface area contributed by atoms with Gasteiger partial charge in [0.15, 0.2) is 6.29 Å². The molecule has 0 saturated carbocycles. The molecule has 3 nitrogen and oxygen atoms in total. The van der Waals surface area contributed by atoms with Gasteiger partial charge in [-0.25, -0.2) is 0 Å². The van der Waals surface area contributed by atoms with Crippen LogP contribution in [0.5, 0.6) is 5.75 Å². The van der Waals surface area contributed by atoms with Crippen LogP contribution in [-0.2, 0) is 0 Å². The van der Waals surface area contributed by atoms with E-state index in [0.717, 1.165) is 46.0 Å². The summed E-state index contributed by atoms with van der Waals surface area (Å²) in [5, 5.41) is 3.39. The summed E-state index contributed by atoms with van der Waals surface area (Å²) < 4.78 is 5.46. The summed E-state index contributed by atoms with van der Waals surface area (Å²) in [5.41, 5.74) is 2.09. The third kappa shape index (κ3) is 4.46. The third-order valence-corrected chi connectivity index (χ3v) is 4.26. The number of unbranched alkanes of at least 4 members (excludes halogenated alkanes) is 1. The van der Waals surface area contributed by atoms with Crippen molar-refractivity contribution in [3.05, 3.63) is 45.6 Å². The van der Waals surface area contributed by atoms with Crippen LogP contribution < -0.4 is 10.1 Å². The lowest BCUT2D eigenvalue weighted by Crippen LogP contribution is -2.01. The maximum absolute atomic E-state index is 10.7. The normalized spacial score (nSPS) is 10.8. The van der Waals surface area contributed by atoms with E-state index in [1.807, 2.05) is 36.4 Å². The molecule has 0 amide bonds. The molecule has 0 bridgehead atoms. The van der Waals surface area contributed by atoms with Gasteiger partial charge in [0.25, 0.3) is 0 Å². The molecule has 0 spiro atoms. The zero-order valence-corrected chi connectivity index (χ0v) is 13.8. The Labute approximate surface area is 135 Å². The van der Waals surface area contributed by atoms with Crippen LogP contribution >= 0.6 is 11.3 Å². The van der Waals surface area contributed by atoms with Crippen LogP contribution in [0.1, 0.15) is 39.9 Å². The number of rotatable bonds is 8. The molecular formula is C18H21NO2S. The fraction of sp³-hybridized carbons (Fsp3) is 0.278. The van der Waals surface area contributed by atoms with Gasteiger partial charge in [0.05, 0.1) is 12.0 Å². The lowest BCUT2D eigenvalue weighted by molar-refractivity contribution is 0.112. The number of hydrogen-bond donors (Lipinski definition) is 1. The van der Waals surface area contributed by atoms with E-state index in [1.165, 1.54) is 17.8 Å². The average Bonchev–Trinajstić information content (AvgIpc) is 3.01. The maximum atomic E-state index is 10.7. The molecule has 0 unspecified atom stereocenters. The first-order valence-corrected chi connectivity index (χ1v) is 8.23. The van der Waals surface area contributed by atoms with Crippen LogP contribution in [-0.4, -0.2) is 19.9 Å². The smallest absolute Gasteiger partial charge is 0.160 e. The Balaban J connectivity index is 2.11. The van der Waals surface area contributed by atoms with Crippen LogP contribution in [0.25, 0.3) is 12.2 Å². The van der Waals surface area contributed by atoms with Crippen LogP contribution in [0.3, 0.4) is 0 Å². The van der Waals surface area contributed by atoms with Gasteiger partial charge in [0, 0.05) is 28.7 Å². The molecule has 2 aromatic rings. The number of carbonyl (C=O) groups is 1. The number of benzene rings is 1. The van der Waals surface area contributed by atoms with Gasteiger partial charge in [0.2, 0.25) is 0 Å². The van der Waals surface area contributed by atoms with Gasteiger partial charge in [-0.15, -0.1) is 11.3 Å². The number of ether oxygens (including phenoxy) is 1. The van der Waals surface area contributed by atoms with E-state index < -0.39 is 0 Å². The molecule has 116 valence electrons. The van der Waals surface area contributed by atoms with Crippen LogP contribution in [0, 0.1) is 0 Å². The Morgan fingerprint density at radius 2 is 2.00 bits per heavy atom. The van der Waals surface area contributed by atoms with Gasteiger partial charge in [-0.05, 0) is 42.8 Å². The molecule has 4 heteroatoms. The van der Waals surface area contributed by atoms with E-state index in [-0.39, 0.29) is 0 Å². The molecule has 22 heavy (non-hydrogen) atoms. The molecule has 0 saturated heterocycles. The van der Waals surface area contributed by atoms with Crippen molar-refractivity contribution in [1.29, 1.82) is 0 Å². The first-order chi connectivity index (χ1) is 10.8. The van der Waals surface area contributed by atoms with Crippen molar-refractivity contribution in [2.75, 3.05) is 19.0 Å². The Bertz CT molecular complexity index is 646. The highest BCUT2D eigenvalue weighted by molar-refractivity contribution is 7.14. The molecule has 0 radical (unpaired) electrons. The second-order valence-corrected chi connectivity index (χ2v) is 6.08. The van der Waals surface area contributed by atoms with E-state index in [2.05, 4.69) is 18.3 Å². The lowest BCUT2D eigenvalue weighted by Gasteiger charge is -2.10. The molecule has 0 aliphatic carbocycles. The highest BCUT2D eigenvalue weighted by Crippen LogP contribution is 2.26. The monoisotopic (exact) mass is 315 g/mol. The Morgan fingerprint density at radius 1 is 1.18 bits per heavy atom. The number of methoxy groups -OCH3 is 1. The molecule has 0 atom stereocenters. The van der Waals surface area contributed by atoms with Crippen molar-refractivity contribution < 1.29 is 9.53 Å². The van der Waals surface area contributed by atoms with Crippen molar-refractivity contribution in [3.63, 3.8) is 0 Å². The second-order valence-electron chi connectivity index (χ2n) is 4.93. The van der Waals surface area contributed by atoms with Gasteiger partial charge in [0.1, 0.15) is 5.75 Å². The van der Waals surface area contributed by atoms with Gasteiger partial charge in [-0.1, -0.05) is 13.3 Å². The standard InChI is InChI=1S/C18H21NO2S/c1-3-4-11-19-15-7-5-14(18(12-15)21-2)6-8-16-9-10-17(13-20)22-16/h5-10,12-13,19H,3-4,11H2,1-2H3/b8-6+. The summed E-state index contributed by atoms with van der Waals surface area (Å²) in [6.07, 6.45) is 7.21. The van der Waals surface area contributed by atoms with E-state index >= 15 is 0 Å². The minimum atomic E-state index is 0.738. The summed E-state index contributed by atoms with van der Waals surface area (Å²) in [6.45, 7) is 3.15. The van der Waals surface area contributed by atoms with Crippen LogP contribution in [0.2, 0.25) is 0 Å². The van der Waals surface area contributed by atoms with Gasteiger partial charge < -0.3 is 10.1 Å². The van der Waals surface area contributed by atoms with Gasteiger partial charge in [-0.3, -0.25) is 4.79 Å². The number of thiophene rings is 1. The highest BCUT2D eigenvalue weighted by atomic mass is 32.1. The summed E-state index contributed by atoms with van der Waals surface area (Å²) in [5.74, 6) is 0.838. The van der Waals surface area contributed by atoms with Crippen molar-refractivity contribution in [1.82, 2.24) is 0 Å². The number of anilines is 1. The molecule has 0 aliphatic rings. The van der Waals surface area contributed by atoms with E-state index in [1.54, 1.807) is 7.11 Å². The quantitative estimate of drug-likeness (QED) is 0.553. The number of carbonyl (C=O) groups excluding carboxylic acids is 1. The Hall–Kier alpha value is -2.07. The molecule has 0 aliphatic heterocycles. The molecule has 2 rings (SSSR count). The summed E-state index contributed by atoms with van der Waals surface area (Å²) in [7, 11) is 1.68. The minimum Gasteiger partial charge on any atom is -0.496 e. The van der Waals surface area contributed by atoms with Crippen molar-refractivity contribution in [2.24, 2.45) is 0 Å². The Kier molecular flexibility index (Phi) is 6.22. The van der Waals surface area contributed by atoms with Gasteiger partial charge in [-0.2, -0.15) is 0 Å². The van der Waals surface area contributed by atoms with Gasteiger partial charge >= 0.3 is 0 Å². The fourth-order valence-corrected chi connectivity index (χ4v) is 2.79. The zero-order chi connectivity index (χ0) is 15.8. The minimum absolute atomic E-state index is 0.738. The SMILES string of the molecule is CCCCNc1ccc(/C=C/c2ccc(C=O)s2)c(OC)c1. The highest BCUT2D eigenvalue weighted by Gasteiger charge is 2.02. The Morgan fingerprint density at radius 3 is 2.68 bits per heavy atom. The number of nitrogens with one attached hydrogen (secondary N) is 1. The predicted octanol–water partition coefficient (Wildman–Crippen LogP) is 4.95. The first kappa shape index (κ1) is 16.3. The average molecular weight is 315 g/mol.